The smallest absolute Gasteiger partial charge is 0.225 e. The van der Waals surface area contributed by atoms with E-state index < -0.39 is 0 Å². The third kappa shape index (κ3) is 7.62. The standard InChI is InChI=1S/C17H31N5O2.HI/c1-7-13-12(14(8-2)24-22-13)11-21-16(18-6)20-10-9-19-15(23)17(3,4)5;/h7-11H2,1-6H3,(H,19,23)(H2,18,20,21);1H. The highest BCUT2D eigenvalue weighted by Gasteiger charge is 2.20. The molecule has 25 heavy (non-hydrogen) atoms. The Morgan fingerprint density at radius 2 is 1.76 bits per heavy atom. The minimum absolute atomic E-state index is 0. The van der Waals surface area contributed by atoms with Gasteiger partial charge < -0.3 is 20.5 Å². The molecule has 3 N–H and O–H groups in total. The zero-order valence-electron chi connectivity index (χ0n) is 16.2. The van der Waals surface area contributed by atoms with Gasteiger partial charge in [-0.15, -0.1) is 24.0 Å². The van der Waals surface area contributed by atoms with Crippen LogP contribution in [0.4, 0.5) is 0 Å². The minimum Gasteiger partial charge on any atom is -0.361 e. The van der Waals surface area contributed by atoms with Crippen molar-refractivity contribution in [3.05, 3.63) is 17.0 Å². The van der Waals surface area contributed by atoms with Crippen LogP contribution in [-0.2, 0) is 24.2 Å². The molecule has 0 aliphatic carbocycles. The van der Waals surface area contributed by atoms with Crippen LogP contribution in [0.15, 0.2) is 9.52 Å². The lowest BCUT2D eigenvalue weighted by molar-refractivity contribution is -0.128. The number of amides is 1. The third-order valence-corrected chi connectivity index (χ3v) is 3.65. The van der Waals surface area contributed by atoms with Gasteiger partial charge in [0.15, 0.2) is 5.96 Å². The van der Waals surface area contributed by atoms with Crippen molar-refractivity contribution in [2.45, 2.75) is 54.0 Å². The lowest BCUT2D eigenvalue weighted by Gasteiger charge is -2.18. The number of hydrogen-bond donors (Lipinski definition) is 3. The summed E-state index contributed by atoms with van der Waals surface area (Å²) in [5, 5.41) is 13.5. The number of aromatic nitrogens is 1. The first kappa shape index (κ1) is 23.7. The van der Waals surface area contributed by atoms with E-state index in [-0.39, 0.29) is 35.3 Å². The van der Waals surface area contributed by atoms with Gasteiger partial charge in [-0.05, 0) is 6.42 Å². The van der Waals surface area contributed by atoms with Crippen LogP contribution in [0, 0.1) is 5.41 Å². The topological polar surface area (TPSA) is 91.6 Å². The fraction of sp³-hybridized carbons (Fsp3) is 0.706. The van der Waals surface area contributed by atoms with Crippen LogP contribution in [0.2, 0.25) is 0 Å². The van der Waals surface area contributed by atoms with Gasteiger partial charge in [-0.2, -0.15) is 0 Å². The molecule has 144 valence electrons. The Bertz CT molecular complexity index is 542. The zero-order chi connectivity index (χ0) is 18.2. The molecule has 0 unspecified atom stereocenters. The number of nitrogens with zero attached hydrogens (tertiary/aromatic N) is 2. The average molecular weight is 465 g/mol. The Labute approximate surface area is 167 Å². The number of guanidine groups is 1. The van der Waals surface area contributed by atoms with Crippen molar-refractivity contribution in [1.29, 1.82) is 0 Å². The molecule has 8 heteroatoms. The number of hydrogen-bond acceptors (Lipinski definition) is 4. The molecular weight excluding hydrogens is 433 g/mol. The van der Waals surface area contributed by atoms with Crippen molar-refractivity contribution in [3.63, 3.8) is 0 Å². The van der Waals surface area contributed by atoms with Crippen molar-refractivity contribution < 1.29 is 9.32 Å². The SMILES string of the molecule is CCc1noc(CC)c1CNC(=NC)NCCNC(=O)C(C)(C)C.I. The molecule has 0 aliphatic heterocycles. The van der Waals surface area contributed by atoms with E-state index >= 15 is 0 Å². The summed E-state index contributed by atoms with van der Waals surface area (Å²) in [5.41, 5.74) is 1.71. The van der Waals surface area contributed by atoms with Crippen LogP contribution in [0.25, 0.3) is 0 Å². The first-order valence-corrected chi connectivity index (χ1v) is 8.52. The predicted octanol–water partition coefficient (Wildman–Crippen LogP) is 2.24. The first-order chi connectivity index (χ1) is 11.3. The highest BCUT2D eigenvalue weighted by molar-refractivity contribution is 14.0. The molecule has 0 saturated carbocycles. The van der Waals surface area contributed by atoms with Crippen molar-refractivity contribution in [2.75, 3.05) is 20.1 Å². The van der Waals surface area contributed by atoms with Gasteiger partial charge in [0.1, 0.15) is 5.76 Å². The van der Waals surface area contributed by atoms with Crippen molar-refractivity contribution >= 4 is 35.8 Å². The molecular formula is C17H32IN5O2. The number of aliphatic imine (C=N–C) groups is 1. The highest BCUT2D eigenvalue weighted by Crippen LogP contribution is 2.15. The maximum atomic E-state index is 11.8. The normalized spacial score (nSPS) is 11.7. The van der Waals surface area contributed by atoms with Crippen LogP contribution < -0.4 is 16.0 Å². The van der Waals surface area contributed by atoms with Gasteiger partial charge in [0.2, 0.25) is 5.91 Å². The molecule has 0 saturated heterocycles. The monoisotopic (exact) mass is 465 g/mol. The van der Waals surface area contributed by atoms with E-state index in [9.17, 15) is 4.79 Å². The largest absolute Gasteiger partial charge is 0.361 e. The number of rotatable bonds is 7. The third-order valence-electron chi connectivity index (χ3n) is 3.65. The van der Waals surface area contributed by atoms with Crippen LogP contribution in [0.5, 0.6) is 0 Å². The van der Waals surface area contributed by atoms with Crippen LogP contribution in [0.1, 0.15) is 51.6 Å². The number of carbonyl (C=O) groups is 1. The summed E-state index contributed by atoms with van der Waals surface area (Å²) in [6.45, 7) is 11.6. The molecule has 0 bridgehead atoms. The second kappa shape index (κ2) is 11.3. The van der Waals surface area contributed by atoms with E-state index in [0.717, 1.165) is 29.9 Å². The summed E-state index contributed by atoms with van der Waals surface area (Å²) in [4.78, 5) is 16.0. The lowest BCUT2D eigenvalue weighted by atomic mass is 9.96. The second-order valence-corrected chi connectivity index (χ2v) is 6.60. The molecule has 1 heterocycles. The van der Waals surface area contributed by atoms with Crippen molar-refractivity contribution in [3.8, 4) is 0 Å². The van der Waals surface area contributed by atoms with Gasteiger partial charge in [0, 0.05) is 44.1 Å². The van der Waals surface area contributed by atoms with E-state index in [4.69, 9.17) is 4.52 Å². The fourth-order valence-corrected chi connectivity index (χ4v) is 2.15. The van der Waals surface area contributed by atoms with E-state index in [1.54, 1.807) is 7.05 Å². The first-order valence-electron chi connectivity index (χ1n) is 8.52. The van der Waals surface area contributed by atoms with Crippen LogP contribution in [0.3, 0.4) is 0 Å². The number of halogens is 1. The van der Waals surface area contributed by atoms with Crippen LogP contribution >= 0.6 is 24.0 Å². The molecule has 0 fully saturated rings. The highest BCUT2D eigenvalue weighted by atomic mass is 127. The summed E-state index contributed by atoms with van der Waals surface area (Å²) < 4.78 is 5.36. The maximum absolute atomic E-state index is 11.8. The molecule has 1 amide bonds. The van der Waals surface area contributed by atoms with Crippen LogP contribution in [-0.4, -0.2) is 37.2 Å². The molecule has 1 rings (SSSR count). The molecule has 0 radical (unpaired) electrons. The average Bonchev–Trinajstić information content (AvgIpc) is 2.95. The molecule has 0 atom stereocenters. The molecule has 1 aromatic rings. The van der Waals surface area contributed by atoms with E-state index in [1.807, 2.05) is 20.8 Å². The maximum Gasteiger partial charge on any atom is 0.225 e. The second-order valence-electron chi connectivity index (χ2n) is 6.60. The van der Waals surface area contributed by atoms with Gasteiger partial charge in [-0.1, -0.05) is 39.8 Å². The van der Waals surface area contributed by atoms with Gasteiger partial charge in [-0.3, -0.25) is 9.79 Å². The van der Waals surface area contributed by atoms with Gasteiger partial charge in [-0.25, -0.2) is 0 Å². The quantitative estimate of drug-likeness (QED) is 0.249. The molecule has 1 aromatic heterocycles. The summed E-state index contributed by atoms with van der Waals surface area (Å²) >= 11 is 0. The van der Waals surface area contributed by atoms with E-state index in [0.29, 0.717) is 25.6 Å². The molecule has 7 nitrogen and oxygen atoms in total. The number of nitrogens with one attached hydrogen (secondary N) is 3. The Kier molecular flexibility index (Phi) is 10.7. The number of carbonyl (C=O) groups excluding carboxylic acids is 1. The van der Waals surface area contributed by atoms with Gasteiger partial charge >= 0.3 is 0 Å². The predicted molar refractivity (Wildman–Crippen MR) is 111 cm³/mol. The summed E-state index contributed by atoms with van der Waals surface area (Å²) in [7, 11) is 1.72. The van der Waals surface area contributed by atoms with Gasteiger partial charge in [0.25, 0.3) is 0 Å². The minimum atomic E-state index is -0.374. The Morgan fingerprint density at radius 1 is 1.12 bits per heavy atom. The Morgan fingerprint density at radius 3 is 2.28 bits per heavy atom. The molecule has 0 aliphatic rings. The van der Waals surface area contributed by atoms with E-state index in [2.05, 4.69) is 39.9 Å². The number of aryl methyl sites for hydroxylation is 2. The van der Waals surface area contributed by atoms with Crippen molar-refractivity contribution in [2.24, 2.45) is 10.4 Å². The Hall–Kier alpha value is -1.32. The lowest BCUT2D eigenvalue weighted by Crippen LogP contribution is -2.43. The Balaban J connectivity index is 0.00000576. The fourth-order valence-electron chi connectivity index (χ4n) is 2.15. The summed E-state index contributed by atoms with van der Waals surface area (Å²) in [6.07, 6.45) is 1.65. The molecule has 0 aromatic carbocycles. The van der Waals surface area contributed by atoms with Gasteiger partial charge in [0.05, 0.1) is 5.69 Å². The zero-order valence-corrected chi connectivity index (χ0v) is 18.5. The molecule has 0 spiro atoms. The van der Waals surface area contributed by atoms with Crippen molar-refractivity contribution in [1.82, 2.24) is 21.1 Å². The summed E-state index contributed by atoms with van der Waals surface area (Å²) in [6, 6.07) is 0. The summed E-state index contributed by atoms with van der Waals surface area (Å²) in [5.74, 6) is 1.63. The van der Waals surface area contributed by atoms with E-state index in [1.165, 1.54) is 0 Å².